The smallest absolute Gasteiger partial charge is 0.416 e. The SMILES string of the molecule is CC(C)(C)n1nc(-c2cccc(C(F)(F)F)c2)nc1[C@H]1C2C[C@@H](N3CCC4(C3)C[S+]([O-])C4)C[C@@H]21. The van der Waals surface area contributed by atoms with Crippen LogP contribution < -0.4 is 0 Å². The van der Waals surface area contributed by atoms with E-state index in [9.17, 15) is 17.7 Å². The maximum absolute atomic E-state index is 13.2. The number of rotatable bonds is 3. The Kier molecular flexibility index (Phi) is 5.02. The minimum Gasteiger partial charge on any atom is -0.616 e. The molecule has 9 heteroatoms. The largest absolute Gasteiger partial charge is 0.616 e. The number of nitrogens with zero attached hydrogens (tertiary/aromatic N) is 4. The first-order chi connectivity index (χ1) is 15.9. The normalized spacial score (nSPS) is 35.6. The van der Waals surface area contributed by atoms with Crippen molar-refractivity contribution < 1.29 is 17.7 Å². The monoisotopic (exact) mass is 492 g/mol. The van der Waals surface area contributed by atoms with Crippen LogP contribution in [0.1, 0.15) is 57.3 Å². The van der Waals surface area contributed by atoms with Gasteiger partial charge in [-0.15, -0.1) is 0 Å². The molecule has 3 heterocycles. The molecule has 5 nitrogen and oxygen atoms in total. The summed E-state index contributed by atoms with van der Waals surface area (Å²) in [6, 6.07) is 5.90. The molecule has 1 aromatic carbocycles. The van der Waals surface area contributed by atoms with Crippen molar-refractivity contribution in [2.24, 2.45) is 17.3 Å². The minimum absolute atomic E-state index is 0.306. The Hall–Kier alpha value is -1.58. The van der Waals surface area contributed by atoms with E-state index in [2.05, 4.69) is 25.7 Å². The van der Waals surface area contributed by atoms with E-state index >= 15 is 0 Å². The fourth-order valence-corrected chi connectivity index (χ4v) is 8.39. The van der Waals surface area contributed by atoms with Crippen molar-refractivity contribution in [3.63, 3.8) is 0 Å². The number of aromatic nitrogens is 3. The fourth-order valence-electron chi connectivity index (χ4n) is 6.64. The zero-order valence-electron chi connectivity index (χ0n) is 19.8. The Balaban J connectivity index is 1.21. The van der Waals surface area contributed by atoms with E-state index in [1.54, 1.807) is 6.07 Å². The summed E-state index contributed by atoms with van der Waals surface area (Å²) in [6.45, 7) is 8.39. The van der Waals surface area contributed by atoms with Crippen LogP contribution in [0.5, 0.6) is 0 Å². The molecule has 0 amide bonds. The number of benzene rings is 1. The highest BCUT2D eigenvalue weighted by Crippen LogP contribution is 2.64. The molecule has 6 rings (SSSR count). The maximum Gasteiger partial charge on any atom is 0.416 e. The van der Waals surface area contributed by atoms with E-state index in [0.717, 1.165) is 55.4 Å². The molecule has 2 saturated carbocycles. The van der Waals surface area contributed by atoms with Crippen molar-refractivity contribution in [3.8, 4) is 11.4 Å². The van der Waals surface area contributed by atoms with Gasteiger partial charge in [-0.2, -0.15) is 18.3 Å². The Morgan fingerprint density at radius 3 is 2.44 bits per heavy atom. The Labute approximate surface area is 201 Å². The van der Waals surface area contributed by atoms with Crippen LogP contribution >= 0.6 is 0 Å². The average molecular weight is 493 g/mol. The van der Waals surface area contributed by atoms with Crippen LogP contribution in [0.2, 0.25) is 0 Å². The van der Waals surface area contributed by atoms with Gasteiger partial charge in [-0.05, 0) is 70.5 Å². The van der Waals surface area contributed by atoms with Crippen LogP contribution in [0, 0.1) is 17.3 Å². The molecule has 4 fully saturated rings. The quantitative estimate of drug-likeness (QED) is 0.585. The number of halogens is 3. The zero-order chi connectivity index (χ0) is 24.0. The Bertz CT molecular complexity index is 1090. The molecular formula is C25H31F3N4OS. The van der Waals surface area contributed by atoms with Crippen LogP contribution in [-0.4, -0.2) is 54.9 Å². The van der Waals surface area contributed by atoms with Crippen molar-refractivity contribution in [1.29, 1.82) is 0 Å². The lowest BCUT2D eigenvalue weighted by Crippen LogP contribution is -2.50. The lowest BCUT2D eigenvalue weighted by molar-refractivity contribution is -0.137. The van der Waals surface area contributed by atoms with E-state index in [1.165, 1.54) is 12.5 Å². The van der Waals surface area contributed by atoms with Gasteiger partial charge in [0.1, 0.15) is 17.3 Å². The molecule has 34 heavy (non-hydrogen) atoms. The van der Waals surface area contributed by atoms with Crippen LogP contribution in [0.3, 0.4) is 0 Å². The van der Waals surface area contributed by atoms with Gasteiger partial charge in [0.05, 0.1) is 16.5 Å². The van der Waals surface area contributed by atoms with E-state index in [1.807, 2.05) is 4.68 Å². The molecule has 2 saturated heterocycles. The second-order valence-electron chi connectivity index (χ2n) is 11.9. The van der Waals surface area contributed by atoms with Gasteiger partial charge in [0.25, 0.3) is 0 Å². The number of hydrogen-bond donors (Lipinski definition) is 0. The molecule has 4 atom stereocenters. The van der Waals surface area contributed by atoms with Gasteiger partial charge in [-0.3, -0.25) is 4.90 Å². The number of fused-ring (bicyclic) bond motifs is 1. The fraction of sp³-hybridized carbons (Fsp3) is 0.680. The molecule has 1 spiro atoms. The number of likely N-dealkylation sites (tertiary alicyclic amines) is 1. The lowest BCUT2D eigenvalue weighted by atomic mass is 9.91. The molecule has 1 unspecified atom stereocenters. The van der Waals surface area contributed by atoms with Gasteiger partial charge >= 0.3 is 6.18 Å². The summed E-state index contributed by atoms with van der Waals surface area (Å²) in [4.78, 5) is 7.46. The minimum atomic E-state index is -4.39. The van der Waals surface area contributed by atoms with Crippen molar-refractivity contribution in [2.75, 3.05) is 24.6 Å². The third kappa shape index (κ3) is 3.78. The topological polar surface area (TPSA) is 57.0 Å². The maximum atomic E-state index is 13.2. The first-order valence-electron chi connectivity index (χ1n) is 12.2. The van der Waals surface area contributed by atoms with Crippen molar-refractivity contribution >= 4 is 11.2 Å². The summed E-state index contributed by atoms with van der Waals surface area (Å²) in [5, 5.41) is 4.70. The number of alkyl halides is 3. The van der Waals surface area contributed by atoms with Gasteiger partial charge in [0.2, 0.25) is 0 Å². The highest BCUT2D eigenvalue weighted by atomic mass is 32.2. The Morgan fingerprint density at radius 1 is 1.12 bits per heavy atom. The third-order valence-corrected chi connectivity index (χ3v) is 10.2. The molecule has 4 aliphatic rings. The van der Waals surface area contributed by atoms with E-state index in [-0.39, 0.29) is 5.54 Å². The first kappa shape index (κ1) is 22.9. The van der Waals surface area contributed by atoms with E-state index in [4.69, 9.17) is 10.1 Å². The van der Waals surface area contributed by atoms with Gasteiger partial charge in [0.15, 0.2) is 5.82 Å². The van der Waals surface area contributed by atoms with Gasteiger partial charge in [0, 0.05) is 24.1 Å². The molecular weight excluding hydrogens is 461 g/mol. The number of hydrogen-bond acceptors (Lipinski definition) is 4. The second kappa shape index (κ2) is 7.46. The highest BCUT2D eigenvalue weighted by molar-refractivity contribution is 7.92. The summed E-state index contributed by atoms with van der Waals surface area (Å²) >= 11 is -0.605. The summed E-state index contributed by atoms with van der Waals surface area (Å²) in [7, 11) is 0. The molecule has 2 aliphatic carbocycles. The second-order valence-corrected chi connectivity index (χ2v) is 13.3. The standard InChI is InChI=1S/C25H31F3N4OS/c1-23(2,3)32-22(29-21(30-32)15-5-4-6-16(9-15)25(26,27)28)20-18-10-17(11-19(18)20)31-8-7-24(12-31)13-34(33)14-24/h4-6,9,17-20H,7-8,10-14H2,1-3H3/t17-,18-,19?,20+,24?,34?/m0/s1. The molecule has 1 aromatic heterocycles. The summed E-state index contributed by atoms with van der Waals surface area (Å²) < 4.78 is 53.3. The van der Waals surface area contributed by atoms with Crippen molar-refractivity contribution in [3.05, 3.63) is 35.7 Å². The summed E-state index contributed by atoms with van der Waals surface area (Å²) in [5.41, 5.74) is -0.269. The van der Waals surface area contributed by atoms with E-state index in [0.29, 0.717) is 40.6 Å². The average Bonchev–Trinajstić information content (AvgIpc) is 3.20. The van der Waals surface area contributed by atoms with Crippen LogP contribution in [0.25, 0.3) is 11.4 Å². The van der Waals surface area contributed by atoms with Crippen molar-refractivity contribution in [2.45, 2.75) is 63.7 Å². The van der Waals surface area contributed by atoms with Gasteiger partial charge < -0.3 is 4.55 Å². The predicted octanol–water partition coefficient (Wildman–Crippen LogP) is 4.67. The highest BCUT2D eigenvalue weighted by Gasteiger charge is 2.61. The van der Waals surface area contributed by atoms with E-state index < -0.39 is 22.9 Å². The summed E-state index contributed by atoms with van der Waals surface area (Å²) in [6.07, 6.45) is -0.932. The van der Waals surface area contributed by atoms with Crippen LogP contribution in [0.15, 0.2) is 24.3 Å². The van der Waals surface area contributed by atoms with Crippen LogP contribution in [-0.2, 0) is 22.9 Å². The van der Waals surface area contributed by atoms with Gasteiger partial charge in [-0.25, -0.2) is 9.67 Å². The molecule has 2 aliphatic heterocycles. The predicted molar refractivity (Wildman–Crippen MR) is 125 cm³/mol. The zero-order valence-corrected chi connectivity index (χ0v) is 20.6. The molecule has 184 valence electrons. The van der Waals surface area contributed by atoms with Crippen LogP contribution in [0.4, 0.5) is 13.2 Å². The Morgan fingerprint density at radius 2 is 1.82 bits per heavy atom. The summed E-state index contributed by atoms with van der Waals surface area (Å²) in [5.74, 6) is 4.50. The molecule has 0 N–H and O–H groups in total. The first-order valence-corrected chi connectivity index (χ1v) is 13.7. The molecule has 0 radical (unpaired) electrons. The third-order valence-electron chi connectivity index (χ3n) is 8.35. The van der Waals surface area contributed by atoms with Gasteiger partial charge in [-0.1, -0.05) is 23.3 Å². The molecule has 2 aromatic rings. The molecule has 0 bridgehead atoms. The van der Waals surface area contributed by atoms with Crippen molar-refractivity contribution in [1.82, 2.24) is 19.7 Å². The lowest BCUT2D eigenvalue weighted by Gasteiger charge is -2.39.